The van der Waals surface area contributed by atoms with Crippen LogP contribution in [0.15, 0.2) is 54.6 Å². The van der Waals surface area contributed by atoms with Crippen LogP contribution in [0.1, 0.15) is 52.7 Å². The summed E-state index contributed by atoms with van der Waals surface area (Å²) in [6.07, 6.45) is 5.77. The summed E-state index contributed by atoms with van der Waals surface area (Å²) in [6.45, 7) is 2.40. The first-order valence-corrected chi connectivity index (χ1v) is 9.64. The van der Waals surface area contributed by atoms with Crippen molar-refractivity contribution in [2.24, 2.45) is 5.92 Å². The van der Waals surface area contributed by atoms with Gasteiger partial charge >= 0.3 is 5.97 Å². The van der Waals surface area contributed by atoms with Gasteiger partial charge in [-0.2, -0.15) is 5.26 Å². The van der Waals surface area contributed by atoms with Crippen LogP contribution in [0.4, 0.5) is 0 Å². The summed E-state index contributed by atoms with van der Waals surface area (Å²) < 4.78 is 5.27. The number of ketones is 1. The highest BCUT2D eigenvalue weighted by Gasteiger charge is 2.69. The number of unbranched alkanes of at least 4 members (excludes halogenated alkanes) is 1. The van der Waals surface area contributed by atoms with Gasteiger partial charge in [-0.25, -0.2) is 4.79 Å². The number of carbonyl (C=O) groups is 2. The molecule has 0 spiro atoms. The predicted octanol–water partition coefficient (Wildman–Crippen LogP) is 4.41. The summed E-state index contributed by atoms with van der Waals surface area (Å²) in [5.41, 5.74) is 1.92. The number of nitriles is 1. The van der Waals surface area contributed by atoms with E-state index < -0.39 is 17.3 Å². The summed E-state index contributed by atoms with van der Waals surface area (Å²) in [5, 5.41) is 9.95. The third-order valence-electron chi connectivity index (χ3n) is 5.71. The summed E-state index contributed by atoms with van der Waals surface area (Å²) >= 11 is 0. The fourth-order valence-corrected chi connectivity index (χ4v) is 4.12. The molecule has 4 rings (SSSR count). The second kappa shape index (κ2) is 7.09. The highest BCUT2D eigenvalue weighted by Crippen LogP contribution is 2.58. The van der Waals surface area contributed by atoms with Crippen molar-refractivity contribution in [1.82, 2.24) is 0 Å². The summed E-state index contributed by atoms with van der Waals surface area (Å²) in [7, 11) is 0. The fraction of sp³-hybridized carbons (Fsp3) is 0.292. The van der Waals surface area contributed by atoms with Gasteiger partial charge in [-0.05, 0) is 35.2 Å². The van der Waals surface area contributed by atoms with E-state index in [9.17, 15) is 14.9 Å². The maximum Gasteiger partial charge on any atom is 0.338 e. The monoisotopic (exact) mass is 371 g/mol. The Morgan fingerprint density at radius 1 is 1.21 bits per heavy atom. The van der Waals surface area contributed by atoms with Gasteiger partial charge in [-0.1, -0.05) is 61.9 Å². The average molecular weight is 371 g/mol. The van der Waals surface area contributed by atoms with Crippen molar-refractivity contribution >= 4 is 17.8 Å². The zero-order chi connectivity index (χ0) is 19.7. The van der Waals surface area contributed by atoms with Crippen LogP contribution in [0.3, 0.4) is 0 Å². The van der Waals surface area contributed by atoms with E-state index in [2.05, 4.69) is 6.07 Å². The van der Waals surface area contributed by atoms with E-state index in [1.807, 2.05) is 43.3 Å². The molecule has 1 saturated carbocycles. The van der Waals surface area contributed by atoms with E-state index in [1.165, 1.54) is 0 Å². The molecule has 2 aromatic carbocycles. The van der Waals surface area contributed by atoms with E-state index in [0.29, 0.717) is 17.7 Å². The lowest BCUT2D eigenvalue weighted by Gasteiger charge is -2.13. The van der Waals surface area contributed by atoms with Gasteiger partial charge in [-0.3, -0.25) is 4.79 Å². The molecule has 0 radical (unpaired) electrons. The van der Waals surface area contributed by atoms with Crippen molar-refractivity contribution in [3.63, 3.8) is 0 Å². The molecule has 2 aliphatic rings. The minimum Gasteiger partial charge on any atom is -0.462 e. The molecule has 0 bridgehead atoms. The normalized spacial score (nSPS) is 24.5. The Balaban J connectivity index is 1.63. The van der Waals surface area contributed by atoms with E-state index in [-0.39, 0.29) is 11.7 Å². The van der Waals surface area contributed by atoms with Crippen molar-refractivity contribution in [2.45, 2.75) is 31.1 Å². The molecule has 0 saturated heterocycles. The number of ether oxygens (including phenoxy) is 1. The van der Waals surface area contributed by atoms with Crippen LogP contribution < -0.4 is 0 Å². The number of Topliss-reactive ketones (excluding diaryl/α,β-unsaturated/α-hetero) is 1. The van der Waals surface area contributed by atoms with Gasteiger partial charge in [0.25, 0.3) is 0 Å². The lowest BCUT2D eigenvalue weighted by molar-refractivity contribution is -0.112. The van der Waals surface area contributed by atoms with Gasteiger partial charge in [0, 0.05) is 5.92 Å². The quantitative estimate of drug-likeness (QED) is 0.557. The van der Waals surface area contributed by atoms with Crippen LogP contribution >= 0.6 is 0 Å². The Bertz CT molecular complexity index is 1020. The predicted molar refractivity (Wildman–Crippen MR) is 106 cm³/mol. The van der Waals surface area contributed by atoms with Gasteiger partial charge in [0.1, 0.15) is 0 Å². The van der Waals surface area contributed by atoms with E-state index >= 15 is 0 Å². The molecule has 1 fully saturated rings. The zero-order valence-corrected chi connectivity index (χ0v) is 15.7. The van der Waals surface area contributed by atoms with Crippen LogP contribution in [0.2, 0.25) is 0 Å². The van der Waals surface area contributed by atoms with Crippen LogP contribution in [0.25, 0.3) is 6.08 Å². The Morgan fingerprint density at radius 2 is 2.04 bits per heavy atom. The minimum atomic E-state index is -1.20. The van der Waals surface area contributed by atoms with E-state index in [0.717, 1.165) is 24.0 Å². The second-order valence-electron chi connectivity index (χ2n) is 7.35. The molecule has 0 aliphatic heterocycles. The first-order valence-electron chi connectivity index (χ1n) is 9.64. The topological polar surface area (TPSA) is 67.2 Å². The Kier molecular flexibility index (Phi) is 4.60. The number of esters is 1. The largest absolute Gasteiger partial charge is 0.462 e. The molecule has 2 aromatic rings. The first kappa shape index (κ1) is 18.2. The van der Waals surface area contributed by atoms with Crippen molar-refractivity contribution in [1.29, 1.82) is 5.26 Å². The lowest BCUT2D eigenvalue weighted by atomic mass is 9.86. The molecule has 4 nitrogen and oxygen atoms in total. The molecule has 0 aromatic heterocycles. The van der Waals surface area contributed by atoms with Crippen molar-refractivity contribution in [3.05, 3.63) is 76.9 Å². The smallest absolute Gasteiger partial charge is 0.338 e. The number of rotatable bonds is 6. The van der Waals surface area contributed by atoms with Crippen molar-refractivity contribution in [3.8, 4) is 6.07 Å². The molecule has 3 atom stereocenters. The summed E-state index contributed by atoms with van der Waals surface area (Å²) in [4.78, 5) is 25.2. The molecular formula is C24H21NO3. The average Bonchev–Trinajstić information content (AvgIpc) is 3.11. The highest BCUT2D eigenvalue weighted by atomic mass is 16.5. The fourth-order valence-electron chi connectivity index (χ4n) is 4.12. The third-order valence-corrected chi connectivity index (χ3v) is 5.71. The first-order chi connectivity index (χ1) is 13.6. The molecule has 140 valence electrons. The lowest BCUT2D eigenvalue weighted by Crippen LogP contribution is -2.14. The molecule has 2 aliphatic carbocycles. The standard InChI is InChI=1S/C24H21NO3/c1-2-3-13-28-23(27)17-8-6-9-18(14-17)24(15-25)21(22(24)26)20-12-11-16-7-4-5-10-19(16)20/h4-12,14,20-21H,2-3,13H2,1H3. The Labute approximate surface area is 164 Å². The van der Waals surface area contributed by atoms with E-state index in [4.69, 9.17) is 4.74 Å². The highest BCUT2D eigenvalue weighted by molar-refractivity contribution is 6.14. The zero-order valence-electron chi connectivity index (χ0n) is 15.7. The second-order valence-corrected chi connectivity index (χ2v) is 7.35. The number of nitrogens with zero attached hydrogens (tertiary/aromatic N) is 1. The van der Waals surface area contributed by atoms with Gasteiger partial charge in [0.15, 0.2) is 11.2 Å². The van der Waals surface area contributed by atoms with Crippen LogP contribution in [0, 0.1) is 17.2 Å². The molecule has 0 N–H and O–H groups in total. The number of hydrogen-bond acceptors (Lipinski definition) is 4. The van der Waals surface area contributed by atoms with Gasteiger partial charge < -0.3 is 4.74 Å². The summed E-state index contributed by atoms with van der Waals surface area (Å²) in [6, 6.07) is 17.0. The molecule has 3 unspecified atom stereocenters. The Morgan fingerprint density at radius 3 is 2.82 bits per heavy atom. The third kappa shape index (κ3) is 2.75. The van der Waals surface area contributed by atoms with Gasteiger partial charge in [0.05, 0.1) is 24.2 Å². The number of benzene rings is 2. The molecule has 4 heteroatoms. The molecular weight excluding hydrogens is 350 g/mol. The van der Waals surface area contributed by atoms with Crippen LogP contribution in [-0.4, -0.2) is 18.4 Å². The van der Waals surface area contributed by atoms with E-state index in [1.54, 1.807) is 24.3 Å². The Hall–Kier alpha value is -3.19. The molecule has 0 heterocycles. The van der Waals surface area contributed by atoms with Gasteiger partial charge in [-0.15, -0.1) is 0 Å². The minimum absolute atomic E-state index is 0.0853. The maximum absolute atomic E-state index is 12.9. The number of fused-ring (bicyclic) bond motifs is 1. The number of allylic oxidation sites excluding steroid dienone is 1. The number of carbonyl (C=O) groups excluding carboxylic acids is 2. The molecule has 28 heavy (non-hydrogen) atoms. The van der Waals surface area contributed by atoms with Crippen LogP contribution in [-0.2, 0) is 14.9 Å². The van der Waals surface area contributed by atoms with Gasteiger partial charge in [0.2, 0.25) is 0 Å². The maximum atomic E-state index is 12.9. The van der Waals surface area contributed by atoms with Crippen molar-refractivity contribution < 1.29 is 14.3 Å². The van der Waals surface area contributed by atoms with Crippen molar-refractivity contribution in [2.75, 3.05) is 6.61 Å². The summed E-state index contributed by atoms with van der Waals surface area (Å²) in [5.74, 6) is -1.04. The number of hydrogen-bond donors (Lipinski definition) is 0. The van der Waals surface area contributed by atoms with Crippen LogP contribution in [0.5, 0.6) is 0 Å². The molecule has 0 amide bonds. The SMILES string of the molecule is CCCCOC(=O)c1cccc(C2(C#N)C(=O)C2C2C=Cc3ccccc32)c1.